The van der Waals surface area contributed by atoms with Gasteiger partial charge in [0.25, 0.3) is 0 Å². The average molecular weight is 378 g/mol. The van der Waals surface area contributed by atoms with Crippen LogP contribution in [0.25, 0.3) is 0 Å². The van der Waals surface area contributed by atoms with E-state index < -0.39 is 0 Å². The SMILES string of the molecule is Cc1cc(CC(=O)c2cc(Br)sc2Br)n(C)n1. The van der Waals surface area contributed by atoms with E-state index in [1.165, 1.54) is 11.3 Å². The highest BCUT2D eigenvalue weighted by atomic mass is 79.9. The Morgan fingerprint density at radius 3 is 2.65 bits per heavy atom. The lowest BCUT2D eigenvalue weighted by atomic mass is 10.1. The van der Waals surface area contributed by atoms with E-state index >= 15 is 0 Å². The minimum Gasteiger partial charge on any atom is -0.294 e. The predicted molar refractivity (Wildman–Crippen MR) is 75.7 cm³/mol. The van der Waals surface area contributed by atoms with Gasteiger partial charge in [0.2, 0.25) is 0 Å². The third-order valence-electron chi connectivity index (χ3n) is 2.40. The molecule has 3 nitrogen and oxygen atoms in total. The van der Waals surface area contributed by atoms with Gasteiger partial charge < -0.3 is 0 Å². The summed E-state index contributed by atoms with van der Waals surface area (Å²) < 4.78 is 3.57. The van der Waals surface area contributed by atoms with Gasteiger partial charge in [-0.05, 0) is 50.9 Å². The van der Waals surface area contributed by atoms with Crippen molar-refractivity contribution in [1.29, 1.82) is 0 Å². The van der Waals surface area contributed by atoms with Gasteiger partial charge in [-0.25, -0.2) is 0 Å². The molecule has 0 amide bonds. The molecule has 2 aromatic heterocycles. The van der Waals surface area contributed by atoms with Crippen molar-refractivity contribution in [3.63, 3.8) is 0 Å². The number of ketones is 1. The standard InChI is InChI=1S/C11H10Br2N2OS/c1-6-3-7(15(2)14-6)4-9(16)8-5-10(12)17-11(8)13/h3,5H,4H2,1-2H3. The van der Waals surface area contributed by atoms with Gasteiger partial charge in [0.1, 0.15) is 0 Å². The predicted octanol–water partition coefficient (Wildman–Crippen LogP) is 3.74. The first-order chi connectivity index (χ1) is 7.97. The molecule has 0 radical (unpaired) electrons. The summed E-state index contributed by atoms with van der Waals surface area (Å²) in [5.41, 5.74) is 2.59. The van der Waals surface area contributed by atoms with E-state index in [9.17, 15) is 4.79 Å². The Morgan fingerprint density at radius 2 is 2.18 bits per heavy atom. The molecule has 0 aromatic carbocycles. The molecule has 0 aliphatic rings. The van der Waals surface area contributed by atoms with Gasteiger partial charge in [0, 0.05) is 18.3 Å². The zero-order valence-corrected chi connectivity index (χ0v) is 13.3. The fourth-order valence-electron chi connectivity index (χ4n) is 1.62. The van der Waals surface area contributed by atoms with E-state index in [1.54, 1.807) is 4.68 Å². The molecule has 0 saturated heterocycles. The van der Waals surface area contributed by atoms with Crippen molar-refractivity contribution in [2.75, 3.05) is 0 Å². The molecule has 0 bridgehead atoms. The molecule has 2 aromatic rings. The van der Waals surface area contributed by atoms with E-state index in [0.717, 1.165) is 24.5 Å². The highest BCUT2D eigenvalue weighted by molar-refractivity contribution is 9.12. The van der Waals surface area contributed by atoms with Gasteiger partial charge in [-0.3, -0.25) is 9.48 Å². The summed E-state index contributed by atoms with van der Waals surface area (Å²) in [6.07, 6.45) is 0.374. The fraction of sp³-hybridized carbons (Fsp3) is 0.273. The van der Waals surface area contributed by atoms with E-state index in [1.807, 2.05) is 26.1 Å². The molecule has 0 aliphatic carbocycles. The van der Waals surface area contributed by atoms with Crippen LogP contribution in [0.2, 0.25) is 0 Å². The number of thiophene rings is 1. The van der Waals surface area contributed by atoms with E-state index in [-0.39, 0.29) is 5.78 Å². The first-order valence-electron chi connectivity index (χ1n) is 4.95. The molecule has 90 valence electrons. The van der Waals surface area contributed by atoms with Crippen LogP contribution in [0.3, 0.4) is 0 Å². The second-order valence-electron chi connectivity index (χ2n) is 3.74. The maximum atomic E-state index is 12.1. The Morgan fingerprint density at radius 1 is 1.47 bits per heavy atom. The van der Waals surface area contributed by atoms with Crippen molar-refractivity contribution in [3.05, 3.63) is 36.7 Å². The van der Waals surface area contributed by atoms with Crippen LogP contribution in [-0.4, -0.2) is 15.6 Å². The minimum atomic E-state index is 0.0989. The smallest absolute Gasteiger partial charge is 0.170 e. The first kappa shape index (κ1) is 13.0. The summed E-state index contributed by atoms with van der Waals surface area (Å²) in [5.74, 6) is 0.0989. The van der Waals surface area contributed by atoms with Crippen molar-refractivity contribution in [2.45, 2.75) is 13.3 Å². The Labute approximate surface area is 120 Å². The van der Waals surface area contributed by atoms with Crippen LogP contribution in [0.15, 0.2) is 19.7 Å². The molecule has 6 heteroatoms. The van der Waals surface area contributed by atoms with Crippen molar-refractivity contribution in [2.24, 2.45) is 7.05 Å². The van der Waals surface area contributed by atoms with Crippen LogP contribution in [0.1, 0.15) is 21.7 Å². The van der Waals surface area contributed by atoms with Crippen LogP contribution in [0, 0.1) is 6.92 Å². The summed E-state index contributed by atoms with van der Waals surface area (Å²) in [6.45, 7) is 1.92. The molecule has 17 heavy (non-hydrogen) atoms. The number of carbonyl (C=O) groups is 1. The molecule has 2 rings (SSSR count). The lowest BCUT2D eigenvalue weighted by Gasteiger charge is -2.00. The number of nitrogens with zero attached hydrogens (tertiary/aromatic N) is 2. The van der Waals surface area contributed by atoms with E-state index in [0.29, 0.717) is 6.42 Å². The number of hydrogen-bond donors (Lipinski definition) is 0. The summed E-state index contributed by atoms with van der Waals surface area (Å²) in [6, 6.07) is 3.79. The molecule has 0 N–H and O–H groups in total. The third-order valence-corrected chi connectivity index (χ3v) is 4.74. The fourth-order valence-corrected chi connectivity index (χ4v) is 4.48. The molecule has 0 aliphatic heterocycles. The maximum absolute atomic E-state index is 12.1. The summed E-state index contributed by atoms with van der Waals surface area (Å²) in [7, 11) is 1.86. The normalized spacial score (nSPS) is 10.8. The largest absolute Gasteiger partial charge is 0.294 e. The van der Waals surface area contributed by atoms with Crippen molar-refractivity contribution in [3.8, 4) is 0 Å². The third kappa shape index (κ3) is 2.86. The van der Waals surface area contributed by atoms with E-state index in [2.05, 4.69) is 37.0 Å². The van der Waals surface area contributed by atoms with Gasteiger partial charge in [0.15, 0.2) is 5.78 Å². The maximum Gasteiger partial charge on any atom is 0.170 e. The highest BCUT2D eigenvalue weighted by Crippen LogP contribution is 2.32. The molecule has 0 spiro atoms. The van der Waals surface area contributed by atoms with Crippen LogP contribution in [0.4, 0.5) is 0 Å². The lowest BCUT2D eigenvalue weighted by molar-refractivity contribution is 0.0990. The monoisotopic (exact) mass is 376 g/mol. The molecular weight excluding hydrogens is 368 g/mol. The number of aryl methyl sites for hydroxylation is 2. The number of carbonyl (C=O) groups excluding carboxylic acids is 1. The number of halogens is 2. The van der Waals surface area contributed by atoms with Crippen LogP contribution in [-0.2, 0) is 13.5 Å². The highest BCUT2D eigenvalue weighted by Gasteiger charge is 2.16. The second kappa shape index (κ2) is 5.04. The van der Waals surface area contributed by atoms with Gasteiger partial charge in [-0.1, -0.05) is 0 Å². The summed E-state index contributed by atoms with van der Waals surface area (Å²) in [4.78, 5) is 12.1. The van der Waals surface area contributed by atoms with Crippen LogP contribution < -0.4 is 0 Å². The van der Waals surface area contributed by atoms with Crippen LogP contribution >= 0.6 is 43.2 Å². The summed E-state index contributed by atoms with van der Waals surface area (Å²) in [5, 5.41) is 4.23. The second-order valence-corrected chi connectivity index (χ2v) is 7.49. The zero-order valence-electron chi connectivity index (χ0n) is 9.33. The summed E-state index contributed by atoms with van der Waals surface area (Å²) >= 11 is 8.28. The van der Waals surface area contributed by atoms with Gasteiger partial charge in [-0.2, -0.15) is 5.10 Å². The molecule has 0 fully saturated rings. The number of hydrogen-bond acceptors (Lipinski definition) is 3. The Bertz CT molecular complexity index is 574. The number of aromatic nitrogens is 2. The van der Waals surface area contributed by atoms with Gasteiger partial charge in [-0.15, -0.1) is 11.3 Å². The Kier molecular flexibility index (Phi) is 3.85. The number of Topliss-reactive ketones (excluding diaryl/α,β-unsaturated/α-hetero) is 1. The first-order valence-corrected chi connectivity index (χ1v) is 7.35. The lowest BCUT2D eigenvalue weighted by Crippen LogP contribution is -2.07. The molecular formula is C11H10Br2N2OS. The Balaban J connectivity index is 2.22. The molecule has 0 unspecified atom stereocenters. The van der Waals surface area contributed by atoms with Crippen molar-refractivity contribution < 1.29 is 4.79 Å². The van der Waals surface area contributed by atoms with Gasteiger partial charge >= 0.3 is 0 Å². The van der Waals surface area contributed by atoms with Crippen molar-refractivity contribution in [1.82, 2.24) is 9.78 Å². The minimum absolute atomic E-state index is 0.0989. The van der Waals surface area contributed by atoms with Gasteiger partial charge in [0.05, 0.1) is 19.7 Å². The van der Waals surface area contributed by atoms with E-state index in [4.69, 9.17) is 0 Å². The van der Waals surface area contributed by atoms with Crippen LogP contribution in [0.5, 0.6) is 0 Å². The number of rotatable bonds is 3. The molecule has 0 saturated carbocycles. The topological polar surface area (TPSA) is 34.9 Å². The average Bonchev–Trinajstić information content (AvgIpc) is 2.70. The molecule has 0 atom stereocenters. The Hall–Kier alpha value is -0.460. The van der Waals surface area contributed by atoms with Crippen molar-refractivity contribution >= 4 is 49.0 Å². The zero-order chi connectivity index (χ0) is 12.6. The quantitative estimate of drug-likeness (QED) is 0.763. The molecule has 2 heterocycles.